The van der Waals surface area contributed by atoms with Gasteiger partial charge in [-0.3, -0.25) is 9.59 Å². The van der Waals surface area contributed by atoms with Crippen LogP contribution >= 0.6 is 0 Å². The highest BCUT2D eigenvalue weighted by Gasteiger charge is 2.30. The number of benzene rings is 2. The molecule has 2 aromatic rings. The van der Waals surface area contributed by atoms with Crippen molar-refractivity contribution >= 4 is 23.7 Å². The number of aryl methyl sites for hydroxylation is 1. The fourth-order valence-corrected chi connectivity index (χ4v) is 3.68. The monoisotopic (exact) mass is 528 g/mol. The predicted octanol–water partition coefficient (Wildman–Crippen LogP) is 0.840. The van der Waals surface area contributed by atoms with Gasteiger partial charge in [0, 0.05) is 26.4 Å². The third-order valence-corrected chi connectivity index (χ3v) is 5.78. The van der Waals surface area contributed by atoms with Gasteiger partial charge in [-0.2, -0.15) is 0 Å². The maximum atomic E-state index is 13.3. The van der Waals surface area contributed by atoms with Gasteiger partial charge in [-0.1, -0.05) is 42.5 Å². The van der Waals surface area contributed by atoms with E-state index in [9.17, 15) is 34.7 Å². The van der Waals surface area contributed by atoms with Gasteiger partial charge in [0.15, 0.2) is 5.03 Å². The molecule has 0 heterocycles. The SMILES string of the molecule is CN(C(=O)CCc1ccc(O)cc1)[C@@H](Cc1ccccc1)C(=O)N[C@@H](CCCNC(N)=N[N+](=O)[O-])C(=O)O. The van der Waals surface area contributed by atoms with Gasteiger partial charge in [0.1, 0.15) is 22.9 Å². The number of likely N-dealkylation sites (N-methyl/N-ethyl adjacent to an activating group) is 1. The van der Waals surface area contributed by atoms with Gasteiger partial charge in [-0.15, -0.1) is 0 Å². The Kier molecular flexibility index (Phi) is 11.5. The number of phenols is 1. The van der Waals surface area contributed by atoms with Crippen LogP contribution in [0.15, 0.2) is 59.7 Å². The van der Waals surface area contributed by atoms with E-state index >= 15 is 0 Å². The van der Waals surface area contributed by atoms with Crippen molar-refractivity contribution in [1.29, 1.82) is 0 Å². The zero-order chi connectivity index (χ0) is 28.1. The van der Waals surface area contributed by atoms with Crippen molar-refractivity contribution in [3.63, 3.8) is 0 Å². The first-order valence-electron chi connectivity index (χ1n) is 11.9. The molecule has 0 radical (unpaired) electrons. The number of phenolic OH excluding ortho intramolecular Hbond substituents is 1. The number of amides is 2. The molecule has 13 heteroatoms. The first-order valence-corrected chi connectivity index (χ1v) is 11.9. The van der Waals surface area contributed by atoms with Crippen molar-refractivity contribution < 1.29 is 29.6 Å². The molecule has 6 N–H and O–H groups in total. The Hall–Kier alpha value is -4.68. The standard InChI is InChI=1S/C25H32N6O7/c1-30(22(33)14-11-17-9-12-19(32)13-10-17)21(16-18-6-3-2-4-7-18)23(34)28-20(24(35)36)8-5-15-27-25(26)29-31(37)38/h2-4,6-7,9-10,12-13,20-21,32H,5,8,11,14-16H2,1H3,(H,28,34)(H,35,36)(H3,26,27,29)/t20-,21-/m0/s1. The van der Waals surface area contributed by atoms with E-state index in [4.69, 9.17) is 5.73 Å². The summed E-state index contributed by atoms with van der Waals surface area (Å²) < 4.78 is 0. The molecule has 0 saturated carbocycles. The Morgan fingerprint density at radius 1 is 1.11 bits per heavy atom. The average molecular weight is 529 g/mol. The molecule has 0 aromatic heterocycles. The minimum absolute atomic E-state index is 0.0103. The Morgan fingerprint density at radius 2 is 1.76 bits per heavy atom. The first kappa shape index (κ1) is 29.5. The van der Waals surface area contributed by atoms with Crippen molar-refractivity contribution in [2.45, 2.75) is 44.2 Å². The van der Waals surface area contributed by atoms with Crippen LogP contribution in [-0.2, 0) is 27.2 Å². The van der Waals surface area contributed by atoms with E-state index in [-0.39, 0.29) is 43.9 Å². The molecule has 0 aliphatic carbocycles. The summed E-state index contributed by atoms with van der Waals surface area (Å²) in [5.41, 5.74) is 6.98. The van der Waals surface area contributed by atoms with Crippen molar-refractivity contribution in [3.8, 4) is 5.75 Å². The number of hydrogen-bond acceptors (Lipinski definition) is 6. The summed E-state index contributed by atoms with van der Waals surface area (Å²) in [4.78, 5) is 49.7. The number of guanidine groups is 1. The molecule has 0 aliphatic rings. The van der Waals surface area contributed by atoms with E-state index in [1.807, 2.05) is 18.2 Å². The highest BCUT2D eigenvalue weighted by atomic mass is 16.7. The number of hydrogen-bond donors (Lipinski definition) is 5. The van der Waals surface area contributed by atoms with Crippen LogP contribution in [0.2, 0.25) is 0 Å². The number of carbonyl (C=O) groups is 3. The van der Waals surface area contributed by atoms with E-state index in [0.29, 0.717) is 6.42 Å². The first-order chi connectivity index (χ1) is 18.1. The molecule has 0 unspecified atom stereocenters. The second-order valence-electron chi connectivity index (χ2n) is 8.57. The molecule has 0 spiro atoms. The zero-order valence-electron chi connectivity index (χ0n) is 20.9. The summed E-state index contributed by atoms with van der Waals surface area (Å²) in [6, 6.07) is 13.3. The lowest BCUT2D eigenvalue weighted by molar-refractivity contribution is -0.485. The lowest BCUT2D eigenvalue weighted by Crippen LogP contribution is -2.53. The number of carboxylic acids is 1. The van der Waals surface area contributed by atoms with Crippen LogP contribution in [0.5, 0.6) is 5.75 Å². The number of aromatic hydroxyl groups is 1. The highest BCUT2D eigenvalue weighted by Crippen LogP contribution is 2.14. The molecular weight excluding hydrogens is 496 g/mol. The van der Waals surface area contributed by atoms with E-state index in [1.54, 1.807) is 24.3 Å². The normalized spacial score (nSPS) is 12.7. The van der Waals surface area contributed by atoms with Crippen LogP contribution in [0.25, 0.3) is 0 Å². The molecule has 0 bridgehead atoms. The number of nitro groups is 1. The topological polar surface area (TPSA) is 200 Å². The Labute approximate surface area is 219 Å². The molecule has 0 aliphatic heterocycles. The molecule has 38 heavy (non-hydrogen) atoms. The number of aliphatic carboxylic acids is 1. The second-order valence-corrected chi connectivity index (χ2v) is 8.57. The lowest BCUT2D eigenvalue weighted by atomic mass is 10.0. The number of hydrazone groups is 1. The predicted molar refractivity (Wildman–Crippen MR) is 139 cm³/mol. The number of nitrogens with one attached hydrogen (secondary N) is 2. The van der Waals surface area contributed by atoms with Crippen molar-refractivity contribution in [2.75, 3.05) is 13.6 Å². The van der Waals surface area contributed by atoms with Crippen molar-refractivity contribution in [3.05, 3.63) is 75.8 Å². The molecule has 13 nitrogen and oxygen atoms in total. The van der Waals surface area contributed by atoms with Gasteiger partial charge in [-0.05, 0) is 42.5 Å². The molecule has 2 amide bonds. The Balaban J connectivity index is 2.07. The third-order valence-electron chi connectivity index (χ3n) is 5.78. The molecule has 2 aromatic carbocycles. The second kappa shape index (κ2) is 14.8. The summed E-state index contributed by atoms with van der Waals surface area (Å²) in [5.74, 6) is -2.48. The minimum Gasteiger partial charge on any atom is -0.508 e. The van der Waals surface area contributed by atoms with Gasteiger partial charge in [0.05, 0.1) is 0 Å². The van der Waals surface area contributed by atoms with Gasteiger partial charge in [-0.25, -0.2) is 14.9 Å². The van der Waals surface area contributed by atoms with E-state index in [1.165, 1.54) is 24.1 Å². The summed E-state index contributed by atoms with van der Waals surface area (Å²) in [6.45, 7) is 0.103. The van der Waals surface area contributed by atoms with Gasteiger partial charge in [0.25, 0.3) is 5.96 Å². The van der Waals surface area contributed by atoms with Crippen LogP contribution in [0, 0.1) is 10.1 Å². The largest absolute Gasteiger partial charge is 0.508 e. The fourth-order valence-electron chi connectivity index (χ4n) is 3.68. The maximum Gasteiger partial charge on any atom is 0.326 e. The number of carboxylic acid groups (broad SMARTS) is 1. The van der Waals surface area contributed by atoms with Crippen LogP contribution in [0.3, 0.4) is 0 Å². The highest BCUT2D eigenvalue weighted by molar-refractivity contribution is 5.90. The molecule has 0 saturated heterocycles. The molecule has 2 rings (SSSR count). The number of nitrogens with zero attached hydrogens (tertiary/aromatic N) is 3. The Morgan fingerprint density at radius 3 is 2.37 bits per heavy atom. The van der Waals surface area contributed by atoms with Crippen LogP contribution in [0.4, 0.5) is 0 Å². The van der Waals surface area contributed by atoms with Crippen LogP contribution < -0.4 is 16.4 Å². The van der Waals surface area contributed by atoms with Crippen molar-refractivity contribution in [1.82, 2.24) is 15.5 Å². The molecule has 2 atom stereocenters. The molecule has 204 valence electrons. The number of rotatable bonds is 14. The minimum atomic E-state index is -1.26. The van der Waals surface area contributed by atoms with Gasteiger partial charge in [0.2, 0.25) is 11.8 Å². The third kappa shape index (κ3) is 10.1. The fraction of sp³-hybridized carbons (Fsp3) is 0.360. The summed E-state index contributed by atoms with van der Waals surface area (Å²) >= 11 is 0. The number of nitrogens with two attached hydrogens (primary N) is 1. The van der Waals surface area contributed by atoms with Crippen molar-refractivity contribution in [2.24, 2.45) is 10.8 Å². The van der Waals surface area contributed by atoms with Crippen LogP contribution in [0.1, 0.15) is 30.4 Å². The maximum absolute atomic E-state index is 13.3. The lowest BCUT2D eigenvalue weighted by Gasteiger charge is -2.29. The summed E-state index contributed by atoms with van der Waals surface area (Å²) in [6.07, 6.45) is 0.917. The molecular formula is C25H32N6O7. The quantitative estimate of drug-likeness (QED) is 0.0774. The van der Waals surface area contributed by atoms with E-state index in [2.05, 4.69) is 15.7 Å². The summed E-state index contributed by atoms with van der Waals surface area (Å²) in [7, 11) is 1.50. The van der Waals surface area contributed by atoms with Crippen LogP contribution in [-0.4, -0.2) is 69.6 Å². The van der Waals surface area contributed by atoms with E-state index in [0.717, 1.165) is 11.1 Å². The smallest absolute Gasteiger partial charge is 0.326 e. The zero-order valence-corrected chi connectivity index (χ0v) is 20.9. The molecule has 0 fully saturated rings. The Bertz CT molecular complexity index is 1120. The average Bonchev–Trinajstić information content (AvgIpc) is 2.88. The van der Waals surface area contributed by atoms with Gasteiger partial charge < -0.3 is 31.5 Å². The number of carbonyl (C=O) groups excluding carboxylic acids is 2. The van der Waals surface area contributed by atoms with Gasteiger partial charge >= 0.3 is 5.97 Å². The van der Waals surface area contributed by atoms with E-state index < -0.39 is 35.0 Å². The summed E-state index contributed by atoms with van der Waals surface area (Å²) in [5, 5.41) is 36.3.